The maximum absolute atomic E-state index is 13.0. The summed E-state index contributed by atoms with van der Waals surface area (Å²) in [7, 11) is 0. The van der Waals surface area contributed by atoms with Crippen molar-refractivity contribution in [2.75, 3.05) is 5.73 Å². The van der Waals surface area contributed by atoms with E-state index in [9.17, 15) is 9.18 Å². The summed E-state index contributed by atoms with van der Waals surface area (Å²) in [6, 6.07) is 11.3. The molecule has 0 aromatic heterocycles. The van der Waals surface area contributed by atoms with Crippen LogP contribution < -0.4 is 5.73 Å². The van der Waals surface area contributed by atoms with Crippen LogP contribution in [0.25, 0.3) is 0 Å². The third-order valence-electron chi connectivity index (χ3n) is 3.70. The number of carbonyl (C=O) groups excluding carboxylic acids is 1. The van der Waals surface area contributed by atoms with Gasteiger partial charge in [0.05, 0.1) is 0 Å². The number of hydrogen-bond donors (Lipinski definition) is 1. The molecule has 0 aliphatic rings. The SMILES string of the molecule is CC(C)(C(=O)Cc1ccc(F)cc1Cl)c1ccc(N)cc1. The average molecular weight is 306 g/mol. The van der Waals surface area contributed by atoms with Gasteiger partial charge in [-0.3, -0.25) is 4.79 Å². The Hall–Kier alpha value is -1.87. The van der Waals surface area contributed by atoms with E-state index in [1.54, 1.807) is 18.2 Å². The highest BCUT2D eigenvalue weighted by Gasteiger charge is 2.29. The van der Waals surface area contributed by atoms with Gasteiger partial charge in [0.25, 0.3) is 0 Å². The number of hydrogen-bond acceptors (Lipinski definition) is 2. The van der Waals surface area contributed by atoms with Crippen LogP contribution in [0.2, 0.25) is 5.02 Å². The summed E-state index contributed by atoms with van der Waals surface area (Å²) >= 11 is 5.98. The molecule has 2 aromatic carbocycles. The van der Waals surface area contributed by atoms with Gasteiger partial charge in [0.2, 0.25) is 0 Å². The van der Waals surface area contributed by atoms with Gasteiger partial charge in [0.15, 0.2) is 0 Å². The van der Waals surface area contributed by atoms with E-state index >= 15 is 0 Å². The number of carbonyl (C=O) groups is 1. The summed E-state index contributed by atoms with van der Waals surface area (Å²) in [4.78, 5) is 12.6. The van der Waals surface area contributed by atoms with E-state index in [-0.39, 0.29) is 17.2 Å². The lowest BCUT2D eigenvalue weighted by molar-refractivity contribution is -0.122. The van der Waals surface area contributed by atoms with Crippen molar-refractivity contribution in [2.24, 2.45) is 0 Å². The fourth-order valence-electron chi connectivity index (χ4n) is 2.12. The average Bonchev–Trinajstić information content (AvgIpc) is 2.42. The number of benzene rings is 2. The first-order valence-electron chi connectivity index (χ1n) is 6.64. The molecule has 4 heteroatoms. The Morgan fingerprint density at radius 3 is 2.38 bits per heavy atom. The molecule has 0 aliphatic carbocycles. The number of nitrogen functional groups attached to an aromatic ring is 1. The maximum Gasteiger partial charge on any atom is 0.147 e. The third-order valence-corrected chi connectivity index (χ3v) is 4.05. The molecule has 0 radical (unpaired) electrons. The monoisotopic (exact) mass is 305 g/mol. The molecular formula is C17H17ClFNO. The molecule has 0 spiro atoms. The molecule has 0 fully saturated rings. The second-order valence-electron chi connectivity index (χ2n) is 5.58. The molecule has 110 valence electrons. The summed E-state index contributed by atoms with van der Waals surface area (Å²) in [6.45, 7) is 3.72. The molecule has 21 heavy (non-hydrogen) atoms. The molecule has 0 aliphatic heterocycles. The van der Waals surface area contributed by atoms with E-state index in [0.29, 0.717) is 11.3 Å². The number of rotatable bonds is 4. The lowest BCUT2D eigenvalue weighted by Gasteiger charge is -2.24. The minimum absolute atomic E-state index is 0.0146. The van der Waals surface area contributed by atoms with Gasteiger partial charge >= 0.3 is 0 Å². The predicted octanol–water partition coefficient (Wildman–Crippen LogP) is 4.15. The summed E-state index contributed by atoms with van der Waals surface area (Å²) in [6.07, 6.45) is 0.163. The molecule has 0 heterocycles. The quantitative estimate of drug-likeness (QED) is 0.862. The van der Waals surface area contributed by atoms with Crippen LogP contribution in [-0.2, 0) is 16.6 Å². The number of ketones is 1. The predicted molar refractivity (Wildman–Crippen MR) is 84.0 cm³/mol. The van der Waals surface area contributed by atoms with E-state index in [2.05, 4.69) is 0 Å². The van der Waals surface area contributed by atoms with Crippen LogP contribution in [0, 0.1) is 5.82 Å². The Balaban J connectivity index is 2.24. The van der Waals surface area contributed by atoms with Crippen molar-refractivity contribution in [3.05, 3.63) is 64.4 Å². The zero-order chi connectivity index (χ0) is 15.6. The van der Waals surface area contributed by atoms with Crippen molar-refractivity contribution >= 4 is 23.1 Å². The molecule has 2 nitrogen and oxygen atoms in total. The highest BCUT2D eigenvalue weighted by molar-refractivity contribution is 6.31. The molecular weight excluding hydrogens is 289 g/mol. The zero-order valence-electron chi connectivity index (χ0n) is 12.0. The first-order chi connectivity index (χ1) is 9.80. The fraction of sp³-hybridized carbons (Fsp3) is 0.235. The van der Waals surface area contributed by atoms with Crippen molar-refractivity contribution < 1.29 is 9.18 Å². The molecule has 0 amide bonds. The fourth-order valence-corrected chi connectivity index (χ4v) is 2.35. The molecule has 0 atom stereocenters. The Bertz CT molecular complexity index is 665. The van der Waals surface area contributed by atoms with Gasteiger partial charge < -0.3 is 5.73 Å². The van der Waals surface area contributed by atoms with Gasteiger partial charge in [0, 0.05) is 22.5 Å². The van der Waals surface area contributed by atoms with Crippen molar-refractivity contribution in [2.45, 2.75) is 25.7 Å². The Labute approximate surface area is 128 Å². The second kappa shape index (κ2) is 5.86. The Morgan fingerprint density at radius 1 is 1.19 bits per heavy atom. The van der Waals surface area contributed by atoms with E-state index in [4.69, 9.17) is 17.3 Å². The zero-order valence-corrected chi connectivity index (χ0v) is 12.7. The van der Waals surface area contributed by atoms with Gasteiger partial charge in [-0.2, -0.15) is 0 Å². The van der Waals surface area contributed by atoms with E-state index in [1.807, 2.05) is 26.0 Å². The molecule has 0 saturated heterocycles. The minimum atomic E-state index is -0.661. The van der Waals surface area contributed by atoms with E-state index in [1.165, 1.54) is 12.1 Å². The molecule has 0 saturated carbocycles. The largest absolute Gasteiger partial charge is 0.399 e. The second-order valence-corrected chi connectivity index (χ2v) is 5.99. The maximum atomic E-state index is 13.0. The van der Waals surface area contributed by atoms with Crippen molar-refractivity contribution in [3.63, 3.8) is 0 Å². The molecule has 2 aromatic rings. The van der Waals surface area contributed by atoms with Gasteiger partial charge in [-0.15, -0.1) is 0 Å². The topological polar surface area (TPSA) is 43.1 Å². The van der Waals surface area contributed by atoms with Crippen LogP contribution in [0.5, 0.6) is 0 Å². The highest BCUT2D eigenvalue weighted by atomic mass is 35.5. The van der Waals surface area contributed by atoms with Crippen molar-refractivity contribution in [1.82, 2.24) is 0 Å². The van der Waals surface area contributed by atoms with Gasteiger partial charge in [-0.05, 0) is 49.2 Å². The first-order valence-corrected chi connectivity index (χ1v) is 7.02. The Kier molecular flexibility index (Phi) is 4.33. The Morgan fingerprint density at radius 2 is 1.81 bits per heavy atom. The summed E-state index contributed by atoms with van der Waals surface area (Å²) in [5.74, 6) is -0.394. The summed E-state index contributed by atoms with van der Waals surface area (Å²) in [5.41, 5.74) is 7.18. The molecule has 2 rings (SSSR count). The van der Waals surface area contributed by atoms with Crippen LogP contribution in [-0.4, -0.2) is 5.78 Å². The summed E-state index contributed by atoms with van der Waals surface area (Å²) < 4.78 is 13.0. The number of anilines is 1. The number of halogens is 2. The van der Waals surface area contributed by atoms with Gasteiger partial charge in [-0.1, -0.05) is 29.8 Å². The van der Waals surface area contributed by atoms with E-state index in [0.717, 1.165) is 5.56 Å². The van der Waals surface area contributed by atoms with Crippen molar-refractivity contribution in [1.29, 1.82) is 0 Å². The van der Waals surface area contributed by atoms with Crippen LogP contribution in [0.4, 0.5) is 10.1 Å². The standard InChI is InChI=1S/C17H17ClFNO/c1-17(2,12-4-7-14(20)8-5-12)16(21)9-11-3-6-13(19)10-15(11)18/h3-8,10H,9,20H2,1-2H3. The molecule has 0 bridgehead atoms. The highest BCUT2D eigenvalue weighted by Crippen LogP contribution is 2.28. The van der Waals surface area contributed by atoms with Gasteiger partial charge in [0.1, 0.15) is 11.6 Å². The van der Waals surface area contributed by atoms with E-state index < -0.39 is 11.2 Å². The third kappa shape index (κ3) is 3.42. The van der Waals surface area contributed by atoms with Crippen LogP contribution >= 0.6 is 11.6 Å². The molecule has 2 N–H and O–H groups in total. The van der Waals surface area contributed by atoms with Crippen LogP contribution in [0.1, 0.15) is 25.0 Å². The lowest BCUT2D eigenvalue weighted by atomic mass is 9.78. The van der Waals surface area contributed by atoms with Crippen LogP contribution in [0.15, 0.2) is 42.5 Å². The van der Waals surface area contributed by atoms with Crippen LogP contribution in [0.3, 0.4) is 0 Å². The molecule has 0 unspecified atom stereocenters. The number of Topliss-reactive ketones (excluding diaryl/α,β-unsaturated/α-hetero) is 1. The normalized spacial score (nSPS) is 11.4. The number of nitrogens with two attached hydrogens (primary N) is 1. The van der Waals surface area contributed by atoms with Gasteiger partial charge in [-0.25, -0.2) is 4.39 Å². The first kappa shape index (κ1) is 15.5. The minimum Gasteiger partial charge on any atom is -0.399 e. The van der Waals surface area contributed by atoms with Crippen molar-refractivity contribution in [3.8, 4) is 0 Å². The summed E-state index contributed by atoms with van der Waals surface area (Å²) in [5, 5.41) is 0.274. The smallest absolute Gasteiger partial charge is 0.147 e. The lowest BCUT2D eigenvalue weighted by Crippen LogP contribution is -2.30.